The number of amides is 1. The Morgan fingerprint density at radius 3 is 2.83 bits per heavy atom. The van der Waals surface area contributed by atoms with Gasteiger partial charge in [0.1, 0.15) is 5.75 Å². The summed E-state index contributed by atoms with van der Waals surface area (Å²) in [7, 11) is 0. The lowest BCUT2D eigenvalue weighted by molar-refractivity contribution is -0.123. The van der Waals surface area contributed by atoms with E-state index in [-0.39, 0.29) is 12.5 Å². The largest absolute Gasteiger partial charge is 0.483 e. The first kappa shape index (κ1) is 16.2. The molecule has 1 unspecified atom stereocenters. The van der Waals surface area contributed by atoms with Crippen LogP contribution >= 0.6 is 0 Å². The molecule has 1 aliphatic rings. The van der Waals surface area contributed by atoms with Crippen molar-refractivity contribution in [2.75, 3.05) is 13.2 Å². The van der Waals surface area contributed by atoms with Crippen molar-refractivity contribution in [3.63, 3.8) is 0 Å². The molecule has 1 atom stereocenters. The highest BCUT2D eigenvalue weighted by Crippen LogP contribution is 2.30. The molecule has 0 saturated heterocycles. The predicted molar refractivity (Wildman–Crippen MR) is 92.5 cm³/mol. The second kappa shape index (κ2) is 7.77. The number of nitrogens with one attached hydrogen (secondary N) is 1. The van der Waals surface area contributed by atoms with Crippen LogP contribution in [0.25, 0.3) is 0 Å². The molecule has 0 heterocycles. The van der Waals surface area contributed by atoms with Crippen LogP contribution in [0.3, 0.4) is 0 Å². The lowest BCUT2D eigenvalue weighted by Crippen LogP contribution is -2.33. The molecule has 0 aliphatic heterocycles. The zero-order chi connectivity index (χ0) is 16.8. The molecule has 124 valence electrons. The summed E-state index contributed by atoms with van der Waals surface area (Å²) in [6, 6.07) is 15.3. The predicted octanol–water partition coefficient (Wildman–Crippen LogP) is 3.11. The first-order valence-electron chi connectivity index (χ1n) is 8.29. The van der Waals surface area contributed by atoms with Gasteiger partial charge < -0.3 is 10.1 Å². The minimum Gasteiger partial charge on any atom is -0.483 e. The van der Waals surface area contributed by atoms with E-state index in [0.717, 1.165) is 25.5 Å². The molecule has 0 bridgehead atoms. The minimum atomic E-state index is -0.168. The van der Waals surface area contributed by atoms with Gasteiger partial charge in [-0.1, -0.05) is 36.4 Å². The lowest BCUT2D eigenvalue weighted by atomic mass is 9.83. The van der Waals surface area contributed by atoms with Gasteiger partial charge in [0.2, 0.25) is 0 Å². The number of ether oxygens (including phenoxy) is 1. The molecular weight excluding hydrogens is 302 g/mol. The van der Waals surface area contributed by atoms with Gasteiger partial charge in [0.05, 0.1) is 5.56 Å². The maximum Gasteiger partial charge on any atom is 0.257 e. The normalized spacial score (nSPS) is 16.1. The minimum absolute atomic E-state index is 0.0841. The fourth-order valence-corrected chi connectivity index (χ4v) is 3.21. The van der Waals surface area contributed by atoms with E-state index in [1.54, 1.807) is 24.3 Å². The van der Waals surface area contributed by atoms with Gasteiger partial charge in [0.15, 0.2) is 12.9 Å². The van der Waals surface area contributed by atoms with Crippen molar-refractivity contribution in [2.24, 2.45) is 0 Å². The second-order valence-corrected chi connectivity index (χ2v) is 6.04. The first-order chi connectivity index (χ1) is 11.8. The highest BCUT2D eigenvalue weighted by Gasteiger charge is 2.20. The molecule has 0 aromatic heterocycles. The summed E-state index contributed by atoms with van der Waals surface area (Å²) in [4.78, 5) is 23.0. The summed E-state index contributed by atoms with van der Waals surface area (Å²) in [5.41, 5.74) is 3.18. The molecule has 0 saturated carbocycles. The van der Waals surface area contributed by atoms with Crippen LogP contribution in [0.4, 0.5) is 0 Å². The summed E-state index contributed by atoms with van der Waals surface area (Å²) < 4.78 is 5.46. The van der Waals surface area contributed by atoms with E-state index in [2.05, 4.69) is 29.6 Å². The molecular formula is C20H21NO3. The van der Waals surface area contributed by atoms with E-state index in [1.807, 2.05) is 0 Å². The number of hydrogen-bond donors (Lipinski definition) is 1. The summed E-state index contributed by atoms with van der Waals surface area (Å²) in [6.45, 7) is 0.535. The van der Waals surface area contributed by atoms with E-state index < -0.39 is 0 Å². The van der Waals surface area contributed by atoms with Crippen LogP contribution in [-0.2, 0) is 11.2 Å². The van der Waals surface area contributed by atoms with Crippen molar-refractivity contribution in [1.82, 2.24) is 5.32 Å². The number of aldehydes is 1. The standard InChI is InChI=1S/C20H21NO3/c22-13-17-7-2-4-11-19(17)24-14-20(23)21-12-16-9-5-8-15-6-1-3-10-18(15)16/h1-4,6-7,10-11,13,16H,5,8-9,12,14H2,(H,21,23). The zero-order valence-electron chi connectivity index (χ0n) is 13.5. The molecule has 0 radical (unpaired) electrons. The molecule has 1 aliphatic carbocycles. The fourth-order valence-electron chi connectivity index (χ4n) is 3.21. The number of carbonyl (C=O) groups is 2. The average Bonchev–Trinajstić information content (AvgIpc) is 2.64. The van der Waals surface area contributed by atoms with Crippen molar-refractivity contribution in [2.45, 2.75) is 25.2 Å². The molecule has 0 fully saturated rings. The van der Waals surface area contributed by atoms with Crippen LogP contribution in [0.15, 0.2) is 48.5 Å². The number of rotatable bonds is 6. The van der Waals surface area contributed by atoms with Crippen LogP contribution in [0.2, 0.25) is 0 Å². The van der Waals surface area contributed by atoms with Gasteiger partial charge in [-0.15, -0.1) is 0 Å². The number of aryl methyl sites for hydroxylation is 1. The molecule has 1 amide bonds. The number of para-hydroxylation sites is 1. The van der Waals surface area contributed by atoms with E-state index in [4.69, 9.17) is 4.74 Å². The third kappa shape index (κ3) is 3.82. The molecule has 4 heteroatoms. The third-order valence-electron chi connectivity index (χ3n) is 4.44. The summed E-state index contributed by atoms with van der Waals surface area (Å²) >= 11 is 0. The van der Waals surface area contributed by atoms with Gasteiger partial charge in [-0.25, -0.2) is 0 Å². The molecule has 2 aromatic carbocycles. The molecule has 4 nitrogen and oxygen atoms in total. The highest BCUT2D eigenvalue weighted by atomic mass is 16.5. The van der Waals surface area contributed by atoms with Gasteiger partial charge in [0.25, 0.3) is 5.91 Å². The summed E-state index contributed by atoms with van der Waals surface area (Å²) in [5.74, 6) is 0.630. The van der Waals surface area contributed by atoms with Gasteiger partial charge in [-0.2, -0.15) is 0 Å². The average molecular weight is 323 g/mol. The Hall–Kier alpha value is -2.62. The van der Waals surface area contributed by atoms with Crippen LogP contribution in [0, 0.1) is 0 Å². The molecule has 3 rings (SSSR count). The van der Waals surface area contributed by atoms with Gasteiger partial charge >= 0.3 is 0 Å². The first-order valence-corrected chi connectivity index (χ1v) is 8.29. The summed E-state index contributed by atoms with van der Waals surface area (Å²) in [6.07, 6.45) is 4.09. The SMILES string of the molecule is O=Cc1ccccc1OCC(=O)NCC1CCCc2ccccc21. The van der Waals surface area contributed by atoms with Crippen LogP contribution in [0.1, 0.15) is 40.2 Å². The van der Waals surface area contributed by atoms with Crippen molar-refractivity contribution < 1.29 is 14.3 Å². The van der Waals surface area contributed by atoms with Crippen molar-refractivity contribution in [3.8, 4) is 5.75 Å². The quantitative estimate of drug-likeness (QED) is 0.831. The maximum atomic E-state index is 12.0. The van der Waals surface area contributed by atoms with Gasteiger partial charge in [-0.3, -0.25) is 9.59 Å². The topological polar surface area (TPSA) is 55.4 Å². The van der Waals surface area contributed by atoms with Crippen molar-refractivity contribution >= 4 is 12.2 Å². The number of carbonyl (C=O) groups excluding carboxylic acids is 2. The molecule has 1 N–H and O–H groups in total. The number of fused-ring (bicyclic) bond motifs is 1. The Labute approximate surface area is 141 Å². The fraction of sp³-hybridized carbons (Fsp3) is 0.300. The highest BCUT2D eigenvalue weighted by molar-refractivity contribution is 5.80. The summed E-state index contributed by atoms with van der Waals surface area (Å²) in [5, 5.41) is 2.95. The van der Waals surface area contributed by atoms with Crippen LogP contribution in [0.5, 0.6) is 5.75 Å². The van der Waals surface area contributed by atoms with E-state index in [1.165, 1.54) is 11.1 Å². The molecule has 24 heavy (non-hydrogen) atoms. The third-order valence-corrected chi connectivity index (χ3v) is 4.44. The molecule has 2 aromatic rings. The number of hydrogen-bond acceptors (Lipinski definition) is 3. The van der Waals surface area contributed by atoms with E-state index in [0.29, 0.717) is 23.8 Å². The van der Waals surface area contributed by atoms with Crippen LogP contribution < -0.4 is 10.1 Å². The Kier molecular flexibility index (Phi) is 5.26. The van der Waals surface area contributed by atoms with Crippen molar-refractivity contribution in [3.05, 3.63) is 65.2 Å². The van der Waals surface area contributed by atoms with E-state index in [9.17, 15) is 9.59 Å². The Morgan fingerprint density at radius 2 is 1.96 bits per heavy atom. The Balaban J connectivity index is 1.52. The van der Waals surface area contributed by atoms with Gasteiger partial charge in [-0.05, 0) is 42.5 Å². The zero-order valence-corrected chi connectivity index (χ0v) is 13.5. The van der Waals surface area contributed by atoms with Gasteiger partial charge in [0, 0.05) is 12.5 Å². The maximum absolute atomic E-state index is 12.0. The second-order valence-electron chi connectivity index (χ2n) is 6.04. The lowest BCUT2D eigenvalue weighted by Gasteiger charge is -2.25. The Morgan fingerprint density at radius 1 is 1.17 bits per heavy atom. The monoisotopic (exact) mass is 323 g/mol. The van der Waals surface area contributed by atoms with Crippen LogP contribution in [-0.4, -0.2) is 25.3 Å². The van der Waals surface area contributed by atoms with Crippen molar-refractivity contribution in [1.29, 1.82) is 0 Å². The van der Waals surface area contributed by atoms with E-state index >= 15 is 0 Å². The number of benzene rings is 2. The molecule has 0 spiro atoms. The smallest absolute Gasteiger partial charge is 0.257 e. The Bertz CT molecular complexity index is 726.